The van der Waals surface area contributed by atoms with E-state index in [1.165, 1.54) is 5.56 Å². The number of ether oxygens (including phenoxy) is 1. The van der Waals surface area contributed by atoms with Gasteiger partial charge in [-0.25, -0.2) is 0 Å². The second-order valence-corrected chi connectivity index (χ2v) is 8.62. The topological polar surface area (TPSA) is 67.4 Å². The van der Waals surface area contributed by atoms with Gasteiger partial charge in [0.15, 0.2) is 0 Å². The number of carbonyl (C=O) groups is 2. The number of nitrogens with one attached hydrogen (secondary N) is 2. The first-order chi connectivity index (χ1) is 13.5. The Labute approximate surface area is 172 Å². The standard InChI is InChI=1S/C22H32N2O3S/c1-16(2)11-20(24-22(26)19(23-15-25)9-10-28-3)21-13-18(14-27-21)12-17-7-5-4-6-8-17/h4-8,13,15-16,18-20H,9-12,14H2,1-3H3,(H,23,25)(H,24,26)/t18-,19+,20+/m1/s1. The first-order valence-electron chi connectivity index (χ1n) is 9.91. The van der Waals surface area contributed by atoms with Gasteiger partial charge in [-0.05, 0) is 48.8 Å². The van der Waals surface area contributed by atoms with Crippen LogP contribution in [0.15, 0.2) is 42.2 Å². The molecule has 0 aliphatic carbocycles. The third-order valence-corrected chi connectivity index (χ3v) is 5.41. The maximum absolute atomic E-state index is 12.7. The molecule has 6 heteroatoms. The van der Waals surface area contributed by atoms with Crippen LogP contribution in [0.5, 0.6) is 0 Å². The van der Waals surface area contributed by atoms with Crippen molar-refractivity contribution in [3.8, 4) is 0 Å². The number of hydrogen-bond acceptors (Lipinski definition) is 4. The summed E-state index contributed by atoms with van der Waals surface area (Å²) in [5.41, 5.74) is 1.28. The number of rotatable bonds is 12. The monoisotopic (exact) mass is 404 g/mol. The van der Waals surface area contributed by atoms with Crippen LogP contribution in [0.3, 0.4) is 0 Å². The maximum Gasteiger partial charge on any atom is 0.243 e. The smallest absolute Gasteiger partial charge is 0.243 e. The minimum atomic E-state index is -0.512. The van der Waals surface area contributed by atoms with Gasteiger partial charge in [0, 0.05) is 5.92 Å². The van der Waals surface area contributed by atoms with E-state index in [1.807, 2.05) is 24.5 Å². The molecule has 0 aromatic heterocycles. The lowest BCUT2D eigenvalue weighted by molar-refractivity contribution is -0.126. The van der Waals surface area contributed by atoms with Gasteiger partial charge in [0.2, 0.25) is 12.3 Å². The van der Waals surface area contributed by atoms with E-state index in [4.69, 9.17) is 4.74 Å². The SMILES string of the molecule is CSCC[C@H](NC=O)C(=O)N[C@@H](CC(C)C)C1=C[C@@H](Cc2ccccc2)CO1. The summed E-state index contributed by atoms with van der Waals surface area (Å²) in [6.07, 6.45) is 7.08. The van der Waals surface area contributed by atoms with E-state index in [1.54, 1.807) is 11.8 Å². The lowest BCUT2D eigenvalue weighted by atomic mass is 9.97. The first-order valence-corrected chi connectivity index (χ1v) is 11.3. The highest BCUT2D eigenvalue weighted by molar-refractivity contribution is 7.98. The zero-order valence-electron chi connectivity index (χ0n) is 17.0. The molecule has 0 unspecified atom stereocenters. The van der Waals surface area contributed by atoms with Gasteiger partial charge in [-0.3, -0.25) is 9.59 Å². The Balaban J connectivity index is 2.04. The Bertz CT molecular complexity index is 648. The molecule has 0 fully saturated rings. The van der Waals surface area contributed by atoms with Crippen molar-refractivity contribution >= 4 is 24.1 Å². The van der Waals surface area contributed by atoms with Crippen molar-refractivity contribution in [2.75, 3.05) is 18.6 Å². The zero-order chi connectivity index (χ0) is 20.4. The fourth-order valence-electron chi connectivity index (χ4n) is 3.38. The highest BCUT2D eigenvalue weighted by Gasteiger charge is 2.28. The Hall–Kier alpha value is -1.95. The molecule has 0 spiro atoms. The van der Waals surface area contributed by atoms with Crippen molar-refractivity contribution in [2.24, 2.45) is 11.8 Å². The van der Waals surface area contributed by atoms with Gasteiger partial charge < -0.3 is 15.4 Å². The number of thioether (sulfide) groups is 1. The van der Waals surface area contributed by atoms with Crippen LogP contribution in [0.25, 0.3) is 0 Å². The molecule has 2 amide bonds. The van der Waals surface area contributed by atoms with Crippen LogP contribution in [0, 0.1) is 11.8 Å². The molecular weight excluding hydrogens is 372 g/mol. The summed E-state index contributed by atoms with van der Waals surface area (Å²) >= 11 is 1.66. The van der Waals surface area contributed by atoms with Crippen LogP contribution in [-0.4, -0.2) is 43.0 Å². The van der Waals surface area contributed by atoms with Gasteiger partial charge in [-0.2, -0.15) is 11.8 Å². The minimum absolute atomic E-state index is 0.150. The van der Waals surface area contributed by atoms with Gasteiger partial charge >= 0.3 is 0 Å². The molecule has 1 aliphatic rings. The lowest BCUT2D eigenvalue weighted by Crippen LogP contribution is -2.48. The van der Waals surface area contributed by atoms with Crippen molar-refractivity contribution < 1.29 is 14.3 Å². The molecule has 2 rings (SSSR count). The van der Waals surface area contributed by atoms with E-state index in [2.05, 4.69) is 42.7 Å². The van der Waals surface area contributed by atoms with Crippen LogP contribution in [0.4, 0.5) is 0 Å². The van der Waals surface area contributed by atoms with Crippen LogP contribution in [0.2, 0.25) is 0 Å². The number of amides is 2. The molecule has 5 nitrogen and oxygen atoms in total. The van der Waals surface area contributed by atoms with E-state index in [0.29, 0.717) is 31.3 Å². The van der Waals surface area contributed by atoms with Crippen LogP contribution < -0.4 is 10.6 Å². The van der Waals surface area contributed by atoms with Crippen molar-refractivity contribution in [2.45, 2.75) is 45.2 Å². The number of hydrogen-bond donors (Lipinski definition) is 2. The Morgan fingerprint density at radius 1 is 1.32 bits per heavy atom. The molecule has 0 saturated carbocycles. The van der Waals surface area contributed by atoms with Gasteiger partial charge in [0.1, 0.15) is 11.8 Å². The zero-order valence-corrected chi connectivity index (χ0v) is 17.8. The average molecular weight is 405 g/mol. The second kappa shape index (κ2) is 11.8. The third kappa shape index (κ3) is 7.23. The van der Waals surface area contributed by atoms with E-state index in [0.717, 1.165) is 24.4 Å². The van der Waals surface area contributed by atoms with E-state index >= 15 is 0 Å². The molecule has 1 aromatic carbocycles. The van der Waals surface area contributed by atoms with Gasteiger partial charge in [0.25, 0.3) is 0 Å². The predicted molar refractivity (Wildman–Crippen MR) is 115 cm³/mol. The summed E-state index contributed by atoms with van der Waals surface area (Å²) in [5, 5.41) is 5.75. The van der Waals surface area contributed by atoms with Gasteiger partial charge in [-0.1, -0.05) is 44.2 Å². The molecule has 28 heavy (non-hydrogen) atoms. The summed E-state index contributed by atoms with van der Waals surface area (Å²) in [5.74, 6) is 2.23. The van der Waals surface area contributed by atoms with Crippen molar-refractivity contribution in [3.05, 3.63) is 47.7 Å². The molecule has 2 N–H and O–H groups in total. The highest BCUT2D eigenvalue weighted by Crippen LogP contribution is 2.25. The second-order valence-electron chi connectivity index (χ2n) is 7.64. The molecule has 0 bridgehead atoms. The number of carbonyl (C=O) groups excluding carboxylic acids is 2. The molecule has 0 saturated heterocycles. The maximum atomic E-state index is 12.7. The van der Waals surface area contributed by atoms with Crippen molar-refractivity contribution in [1.29, 1.82) is 0 Å². The van der Waals surface area contributed by atoms with Gasteiger partial charge in [0.05, 0.1) is 12.6 Å². The van der Waals surface area contributed by atoms with Crippen LogP contribution >= 0.6 is 11.8 Å². The minimum Gasteiger partial charge on any atom is -0.495 e. The lowest BCUT2D eigenvalue weighted by Gasteiger charge is -2.24. The summed E-state index contributed by atoms with van der Waals surface area (Å²) < 4.78 is 5.97. The Kier molecular flexibility index (Phi) is 9.41. The average Bonchev–Trinajstić information content (AvgIpc) is 3.13. The van der Waals surface area contributed by atoms with E-state index in [-0.39, 0.29) is 11.9 Å². The van der Waals surface area contributed by atoms with E-state index in [9.17, 15) is 9.59 Å². The summed E-state index contributed by atoms with van der Waals surface area (Å²) in [4.78, 5) is 23.6. The third-order valence-electron chi connectivity index (χ3n) is 4.77. The molecule has 1 heterocycles. The molecule has 154 valence electrons. The van der Waals surface area contributed by atoms with E-state index < -0.39 is 6.04 Å². The number of benzene rings is 1. The summed E-state index contributed by atoms with van der Waals surface area (Å²) in [7, 11) is 0. The van der Waals surface area contributed by atoms with Gasteiger partial charge in [-0.15, -0.1) is 0 Å². The summed E-state index contributed by atoms with van der Waals surface area (Å²) in [6, 6.07) is 9.69. The normalized spacial score (nSPS) is 18.1. The molecular formula is C22H32N2O3S. The largest absolute Gasteiger partial charge is 0.495 e. The quantitative estimate of drug-likeness (QED) is 0.525. The fourth-order valence-corrected chi connectivity index (χ4v) is 3.85. The predicted octanol–water partition coefficient (Wildman–Crippen LogP) is 3.16. The molecule has 0 radical (unpaired) electrons. The molecule has 3 atom stereocenters. The fraction of sp³-hybridized carbons (Fsp3) is 0.545. The molecule has 1 aliphatic heterocycles. The van der Waals surface area contributed by atoms with Crippen LogP contribution in [-0.2, 0) is 20.7 Å². The Morgan fingerprint density at radius 3 is 2.71 bits per heavy atom. The highest BCUT2D eigenvalue weighted by atomic mass is 32.2. The molecule has 1 aromatic rings. The van der Waals surface area contributed by atoms with Crippen LogP contribution in [0.1, 0.15) is 32.3 Å². The van der Waals surface area contributed by atoms with Crippen molar-refractivity contribution in [3.63, 3.8) is 0 Å². The summed E-state index contributed by atoms with van der Waals surface area (Å²) in [6.45, 7) is 4.90. The van der Waals surface area contributed by atoms with Crippen molar-refractivity contribution in [1.82, 2.24) is 10.6 Å². The Morgan fingerprint density at radius 2 is 2.07 bits per heavy atom. The first kappa shape index (κ1) is 22.3.